The van der Waals surface area contributed by atoms with Gasteiger partial charge in [0.05, 0.1) is 28.0 Å². The summed E-state index contributed by atoms with van der Waals surface area (Å²) in [5, 5.41) is 14.1. The molecule has 5 rings (SSSR count). The molecule has 0 bridgehead atoms. The number of amides is 1. The molecular weight excluding hydrogens is 519 g/mol. The van der Waals surface area contributed by atoms with Gasteiger partial charge in [-0.25, -0.2) is 0 Å². The number of halogens is 4. The maximum Gasteiger partial charge on any atom is 0.419 e. The second-order valence-electron chi connectivity index (χ2n) is 10.8. The number of Topliss-reactive ketones (excluding diaryl/α,β-unsaturated/α-hetero) is 1. The van der Waals surface area contributed by atoms with Crippen LogP contribution in [0, 0.1) is 12.8 Å². The van der Waals surface area contributed by atoms with E-state index in [1.165, 1.54) is 19.4 Å². The highest BCUT2D eigenvalue weighted by Gasteiger charge is 2.44. The van der Waals surface area contributed by atoms with Crippen molar-refractivity contribution in [2.45, 2.75) is 63.6 Å². The summed E-state index contributed by atoms with van der Waals surface area (Å²) >= 11 is 6.06. The van der Waals surface area contributed by atoms with Crippen LogP contribution < -0.4 is 5.32 Å². The number of hydrogen-bond acceptors (Lipinski definition) is 4. The molecule has 3 heterocycles. The van der Waals surface area contributed by atoms with E-state index in [2.05, 4.69) is 15.2 Å². The molecule has 1 aliphatic carbocycles. The fourth-order valence-corrected chi connectivity index (χ4v) is 6.29. The average molecular weight is 550 g/mol. The van der Waals surface area contributed by atoms with Crippen LogP contribution in [0.25, 0.3) is 11.6 Å². The lowest BCUT2D eigenvalue weighted by molar-refractivity contribution is -0.138. The highest BCUT2D eigenvalue weighted by Crippen LogP contribution is 2.43. The second-order valence-corrected chi connectivity index (χ2v) is 11.2. The van der Waals surface area contributed by atoms with Gasteiger partial charge in [0.15, 0.2) is 5.78 Å². The SMILES string of the molecule is Cc1[nH]c(/C=C2\C(=O)Nc3ccc(Cl)cc32)c(C(F)(F)F)c1C(=O)C1CCC(O)(CN2CCCCC2)CC1. The number of aryl methyl sites for hydroxylation is 1. The van der Waals surface area contributed by atoms with Gasteiger partial charge in [-0.1, -0.05) is 18.0 Å². The third-order valence-corrected chi connectivity index (χ3v) is 8.29. The van der Waals surface area contributed by atoms with E-state index in [0.29, 0.717) is 48.5 Å². The number of nitrogens with zero attached hydrogens (tertiary/aromatic N) is 1. The van der Waals surface area contributed by atoms with Gasteiger partial charge in [-0.05, 0) is 82.8 Å². The molecule has 38 heavy (non-hydrogen) atoms. The number of ketones is 1. The first-order valence-electron chi connectivity index (χ1n) is 13.1. The molecule has 2 fully saturated rings. The minimum atomic E-state index is -4.82. The number of aromatic amines is 1. The van der Waals surface area contributed by atoms with Crippen LogP contribution in [0.2, 0.25) is 5.02 Å². The summed E-state index contributed by atoms with van der Waals surface area (Å²) in [6.45, 7) is 3.86. The van der Waals surface area contributed by atoms with E-state index in [0.717, 1.165) is 32.0 Å². The van der Waals surface area contributed by atoms with Gasteiger partial charge in [-0.3, -0.25) is 9.59 Å². The molecule has 0 unspecified atom stereocenters. The lowest BCUT2D eigenvalue weighted by Crippen LogP contribution is -2.47. The number of hydrogen-bond donors (Lipinski definition) is 3. The zero-order valence-corrected chi connectivity index (χ0v) is 21.9. The highest BCUT2D eigenvalue weighted by atomic mass is 35.5. The molecule has 6 nitrogen and oxygen atoms in total. The first-order chi connectivity index (χ1) is 17.9. The van der Waals surface area contributed by atoms with E-state index in [9.17, 15) is 27.9 Å². The monoisotopic (exact) mass is 549 g/mol. The summed E-state index contributed by atoms with van der Waals surface area (Å²) in [5.41, 5.74) is -1.72. The standard InChI is InChI=1S/C28H31ClF3N3O3/c1-16-23(25(36)17-7-9-27(38,10-8-17)15-35-11-3-2-4-12-35)24(28(30,31)32)22(33-16)14-20-19-13-18(29)5-6-21(19)34-26(20)37/h5-6,13-14,17,33,38H,2-4,7-12,15H2,1H3,(H,34,37)/b20-14-. The molecule has 1 amide bonds. The van der Waals surface area contributed by atoms with Crippen molar-refractivity contribution in [3.05, 3.63) is 51.3 Å². The zero-order valence-electron chi connectivity index (χ0n) is 21.2. The molecule has 1 saturated heterocycles. The number of fused-ring (bicyclic) bond motifs is 1. The fourth-order valence-electron chi connectivity index (χ4n) is 6.12. The summed E-state index contributed by atoms with van der Waals surface area (Å²) in [5.74, 6) is -1.73. The third-order valence-electron chi connectivity index (χ3n) is 8.05. The zero-order chi connectivity index (χ0) is 27.2. The molecule has 10 heteroatoms. The predicted molar refractivity (Wildman–Crippen MR) is 140 cm³/mol. The Morgan fingerprint density at radius 2 is 1.89 bits per heavy atom. The number of rotatable bonds is 5. The number of aromatic nitrogens is 1. The summed E-state index contributed by atoms with van der Waals surface area (Å²) in [4.78, 5) is 31.1. The van der Waals surface area contributed by atoms with Gasteiger partial charge in [0, 0.05) is 34.4 Å². The maximum absolute atomic E-state index is 14.4. The van der Waals surface area contributed by atoms with Crippen LogP contribution in [0.3, 0.4) is 0 Å². The molecule has 1 saturated carbocycles. The lowest BCUT2D eigenvalue weighted by atomic mass is 9.75. The molecule has 3 N–H and O–H groups in total. The van der Waals surface area contributed by atoms with Gasteiger partial charge in [-0.15, -0.1) is 0 Å². The van der Waals surface area contributed by atoms with Crippen molar-refractivity contribution in [1.82, 2.24) is 9.88 Å². The molecule has 2 aromatic rings. The van der Waals surface area contributed by atoms with Gasteiger partial charge >= 0.3 is 6.18 Å². The number of nitrogens with one attached hydrogen (secondary N) is 2. The molecule has 1 aromatic heterocycles. The number of likely N-dealkylation sites (tertiary alicyclic amines) is 1. The molecular formula is C28H31ClF3N3O3. The van der Waals surface area contributed by atoms with Crippen LogP contribution >= 0.6 is 11.6 Å². The van der Waals surface area contributed by atoms with E-state index in [1.807, 2.05) is 0 Å². The van der Waals surface area contributed by atoms with Crippen LogP contribution in [-0.2, 0) is 11.0 Å². The van der Waals surface area contributed by atoms with Crippen molar-refractivity contribution >= 4 is 40.6 Å². The highest BCUT2D eigenvalue weighted by molar-refractivity contribution is 6.36. The van der Waals surface area contributed by atoms with Crippen LogP contribution in [0.4, 0.5) is 18.9 Å². The van der Waals surface area contributed by atoms with Gasteiger partial charge in [0.1, 0.15) is 0 Å². The smallest absolute Gasteiger partial charge is 0.389 e. The largest absolute Gasteiger partial charge is 0.419 e. The predicted octanol–water partition coefficient (Wildman–Crippen LogP) is 6.08. The summed E-state index contributed by atoms with van der Waals surface area (Å²) < 4.78 is 43.2. The Labute approximate surface area is 224 Å². The van der Waals surface area contributed by atoms with Crippen molar-refractivity contribution in [2.75, 3.05) is 25.0 Å². The number of β-amino-alcohol motifs (C(OH)–C–C–N with tert-alkyl or cyclic N) is 1. The number of carbonyl (C=O) groups excluding carboxylic acids is 2. The lowest BCUT2D eigenvalue weighted by Gasteiger charge is -2.40. The van der Waals surface area contributed by atoms with E-state index < -0.39 is 34.9 Å². The molecule has 0 atom stereocenters. The normalized spacial score (nSPS) is 25.5. The Bertz CT molecular complexity index is 1290. The number of carbonyl (C=O) groups is 2. The molecule has 1 aromatic carbocycles. The molecule has 2 aliphatic heterocycles. The maximum atomic E-state index is 14.4. The number of anilines is 1. The minimum Gasteiger partial charge on any atom is -0.389 e. The van der Waals surface area contributed by atoms with Crippen LogP contribution in [0.15, 0.2) is 18.2 Å². The average Bonchev–Trinajstić information content (AvgIpc) is 3.35. The van der Waals surface area contributed by atoms with Gasteiger partial charge < -0.3 is 20.3 Å². The number of benzene rings is 1. The summed E-state index contributed by atoms with van der Waals surface area (Å²) in [7, 11) is 0. The quantitative estimate of drug-likeness (QED) is 0.312. The van der Waals surface area contributed by atoms with Crippen LogP contribution in [0.5, 0.6) is 0 Å². The van der Waals surface area contributed by atoms with Gasteiger partial charge in [0.2, 0.25) is 0 Å². The topological polar surface area (TPSA) is 85.4 Å². The third kappa shape index (κ3) is 5.28. The van der Waals surface area contributed by atoms with Crippen molar-refractivity contribution in [3.8, 4) is 0 Å². The summed E-state index contributed by atoms with van der Waals surface area (Å²) in [6, 6.07) is 4.69. The van der Waals surface area contributed by atoms with Crippen molar-refractivity contribution in [2.24, 2.45) is 5.92 Å². The number of piperidine rings is 1. The number of aliphatic hydroxyl groups is 1. The van der Waals surface area contributed by atoms with E-state index in [4.69, 9.17) is 11.6 Å². The van der Waals surface area contributed by atoms with E-state index in [-0.39, 0.29) is 22.5 Å². The molecule has 204 valence electrons. The first kappa shape index (κ1) is 27.0. The van der Waals surface area contributed by atoms with Crippen LogP contribution in [0.1, 0.15) is 77.8 Å². The Kier molecular flexibility index (Phi) is 7.22. The Morgan fingerprint density at radius 3 is 2.55 bits per heavy atom. The van der Waals surface area contributed by atoms with Crippen LogP contribution in [-0.4, -0.2) is 51.9 Å². The van der Waals surface area contributed by atoms with Crippen molar-refractivity contribution in [3.63, 3.8) is 0 Å². The van der Waals surface area contributed by atoms with E-state index >= 15 is 0 Å². The molecule has 0 radical (unpaired) electrons. The molecule has 0 spiro atoms. The van der Waals surface area contributed by atoms with Crippen molar-refractivity contribution in [1.29, 1.82) is 0 Å². The fraction of sp³-hybridized carbons (Fsp3) is 0.500. The second kappa shape index (κ2) is 10.2. The van der Waals surface area contributed by atoms with Gasteiger partial charge in [0.25, 0.3) is 5.91 Å². The minimum absolute atomic E-state index is 0.0358. The summed E-state index contributed by atoms with van der Waals surface area (Å²) in [6.07, 6.45) is 1.11. The van der Waals surface area contributed by atoms with E-state index in [1.54, 1.807) is 12.1 Å². The number of H-pyrrole nitrogens is 1. The molecule has 3 aliphatic rings. The number of alkyl halides is 3. The van der Waals surface area contributed by atoms with Gasteiger partial charge in [-0.2, -0.15) is 13.2 Å². The first-order valence-corrected chi connectivity index (χ1v) is 13.4. The van der Waals surface area contributed by atoms with Crippen molar-refractivity contribution < 1.29 is 27.9 Å². The Balaban J connectivity index is 1.41. The Morgan fingerprint density at radius 1 is 1.21 bits per heavy atom. The Hall–Kier alpha value is -2.62.